The maximum atomic E-state index is 2.50. The summed E-state index contributed by atoms with van der Waals surface area (Å²) in [6, 6.07) is 53.7. The molecule has 47 heavy (non-hydrogen) atoms. The Hall–Kier alpha value is -4.96. The predicted octanol–water partition coefficient (Wildman–Crippen LogP) is 14.0. The highest BCUT2D eigenvalue weighted by Crippen LogP contribution is 2.50. The zero-order chi connectivity index (χ0) is 31.7. The number of hydrogen-bond acceptors (Lipinski definition) is 3. The Morgan fingerprint density at radius 1 is 0.447 bits per heavy atom. The second-order valence-corrected chi connectivity index (χ2v) is 15.4. The lowest BCUT2D eigenvalue weighted by Crippen LogP contribution is -2.10. The van der Waals surface area contributed by atoms with Crippen molar-refractivity contribution in [1.82, 2.24) is 0 Å². The quantitative estimate of drug-likeness (QED) is 0.185. The Morgan fingerprint density at radius 3 is 1.74 bits per heavy atom. The Balaban J connectivity index is 1.30. The number of fused-ring (bicyclic) bond motifs is 7. The highest BCUT2D eigenvalue weighted by atomic mass is 32.1. The van der Waals surface area contributed by atoms with Gasteiger partial charge in [0, 0.05) is 36.6 Å². The lowest BCUT2D eigenvalue weighted by molar-refractivity contribution is 0.597. The van der Waals surface area contributed by atoms with E-state index in [9.17, 15) is 0 Å². The van der Waals surface area contributed by atoms with Crippen LogP contribution in [0.2, 0.25) is 0 Å². The highest BCUT2D eigenvalue weighted by molar-refractivity contribution is 7.27. The Kier molecular flexibility index (Phi) is 6.50. The van der Waals surface area contributed by atoms with Gasteiger partial charge in [0.1, 0.15) is 0 Å². The van der Waals surface area contributed by atoms with E-state index in [0.29, 0.717) is 0 Å². The fraction of sp³-hybridized carbons (Fsp3) is 0.0909. The zero-order valence-electron chi connectivity index (χ0n) is 26.6. The SMILES string of the molecule is CC(C)(C)c1cccc2c1sc1c(N(c3ccc(-c4cccc5ccccc45)cc3)c3cccc4c3sc3ccccc34)cccc12. The maximum Gasteiger partial charge on any atom is 0.0640 e. The van der Waals surface area contributed by atoms with Crippen molar-refractivity contribution >= 4 is 90.9 Å². The van der Waals surface area contributed by atoms with Crippen molar-refractivity contribution in [3.8, 4) is 11.1 Å². The summed E-state index contributed by atoms with van der Waals surface area (Å²) in [4.78, 5) is 2.50. The molecular formula is C44H33NS2. The van der Waals surface area contributed by atoms with Crippen molar-refractivity contribution in [2.75, 3.05) is 4.90 Å². The predicted molar refractivity (Wildman–Crippen MR) is 209 cm³/mol. The molecule has 0 bridgehead atoms. The molecule has 0 amide bonds. The van der Waals surface area contributed by atoms with Gasteiger partial charge in [-0.3, -0.25) is 0 Å². The molecule has 7 aromatic carbocycles. The Labute approximate surface area is 283 Å². The van der Waals surface area contributed by atoms with Crippen molar-refractivity contribution in [2.45, 2.75) is 26.2 Å². The first-order chi connectivity index (χ1) is 23.0. The van der Waals surface area contributed by atoms with Crippen molar-refractivity contribution < 1.29 is 0 Å². The van der Waals surface area contributed by atoms with E-state index in [1.54, 1.807) is 0 Å². The number of rotatable bonds is 4. The minimum absolute atomic E-state index is 0.0559. The van der Waals surface area contributed by atoms with Crippen LogP contribution in [0.4, 0.5) is 17.1 Å². The Morgan fingerprint density at radius 2 is 1.00 bits per heavy atom. The van der Waals surface area contributed by atoms with E-state index in [1.807, 2.05) is 22.7 Å². The van der Waals surface area contributed by atoms with E-state index in [1.165, 1.54) is 79.2 Å². The van der Waals surface area contributed by atoms with Gasteiger partial charge in [-0.05, 0) is 63.2 Å². The average molecular weight is 640 g/mol. The van der Waals surface area contributed by atoms with Crippen LogP contribution in [0.1, 0.15) is 26.3 Å². The van der Waals surface area contributed by atoms with Gasteiger partial charge in [-0.1, -0.05) is 136 Å². The Bertz CT molecular complexity index is 2610. The summed E-state index contributed by atoms with van der Waals surface area (Å²) in [5, 5.41) is 7.81. The number of benzene rings is 7. The van der Waals surface area contributed by atoms with Crippen LogP contribution < -0.4 is 4.90 Å². The van der Waals surface area contributed by atoms with Crippen molar-refractivity contribution in [1.29, 1.82) is 0 Å². The molecule has 0 saturated heterocycles. The normalized spacial score (nSPS) is 12.1. The molecule has 0 aliphatic heterocycles. The molecule has 0 N–H and O–H groups in total. The number of anilines is 3. The topological polar surface area (TPSA) is 3.24 Å². The minimum atomic E-state index is 0.0559. The van der Waals surface area contributed by atoms with Gasteiger partial charge in [-0.2, -0.15) is 0 Å². The fourth-order valence-electron chi connectivity index (χ4n) is 7.16. The van der Waals surface area contributed by atoms with E-state index in [0.717, 1.165) is 5.69 Å². The van der Waals surface area contributed by atoms with E-state index in [4.69, 9.17) is 0 Å². The smallest absolute Gasteiger partial charge is 0.0640 e. The largest absolute Gasteiger partial charge is 0.308 e. The van der Waals surface area contributed by atoms with Crippen LogP contribution in [-0.4, -0.2) is 0 Å². The van der Waals surface area contributed by atoms with E-state index >= 15 is 0 Å². The molecule has 0 saturated carbocycles. The van der Waals surface area contributed by atoms with Crippen LogP contribution in [0, 0.1) is 0 Å². The molecular weight excluding hydrogens is 607 g/mol. The molecule has 9 rings (SSSR count). The molecule has 2 aromatic heterocycles. The molecule has 0 unspecified atom stereocenters. The highest BCUT2D eigenvalue weighted by Gasteiger charge is 2.24. The lowest BCUT2D eigenvalue weighted by Gasteiger charge is -2.27. The lowest BCUT2D eigenvalue weighted by atomic mass is 9.86. The summed E-state index contributed by atoms with van der Waals surface area (Å²) in [5.41, 5.74) is 7.52. The summed E-state index contributed by atoms with van der Waals surface area (Å²) < 4.78 is 5.32. The number of hydrogen-bond donors (Lipinski definition) is 0. The van der Waals surface area contributed by atoms with Crippen molar-refractivity contribution in [3.05, 3.63) is 151 Å². The van der Waals surface area contributed by atoms with Gasteiger partial charge in [0.2, 0.25) is 0 Å². The molecule has 0 fully saturated rings. The van der Waals surface area contributed by atoms with Crippen LogP contribution in [0.15, 0.2) is 146 Å². The molecule has 0 radical (unpaired) electrons. The average Bonchev–Trinajstić information content (AvgIpc) is 3.68. The van der Waals surface area contributed by atoms with Gasteiger partial charge < -0.3 is 4.90 Å². The molecule has 1 nitrogen and oxygen atoms in total. The van der Waals surface area contributed by atoms with Crippen LogP contribution in [0.3, 0.4) is 0 Å². The molecule has 3 heteroatoms. The van der Waals surface area contributed by atoms with Crippen LogP contribution in [-0.2, 0) is 5.41 Å². The van der Waals surface area contributed by atoms with Gasteiger partial charge >= 0.3 is 0 Å². The van der Waals surface area contributed by atoms with E-state index < -0.39 is 0 Å². The second-order valence-electron chi connectivity index (χ2n) is 13.3. The summed E-state index contributed by atoms with van der Waals surface area (Å²) in [7, 11) is 0. The standard InChI is InChI=1S/C44H33NS2/c1-44(2,3)37-20-9-17-35-36-19-11-22-39(43(36)47-41(35)37)45(38-21-10-18-34-33-15-6-7-23-40(33)46-42(34)38)30-26-24-29(25-27-30)32-16-8-13-28-12-4-5-14-31(28)32/h4-27H,1-3H3. The molecule has 0 aliphatic carbocycles. The van der Waals surface area contributed by atoms with Gasteiger partial charge in [0.15, 0.2) is 0 Å². The van der Waals surface area contributed by atoms with E-state index in [2.05, 4.69) is 171 Å². The van der Waals surface area contributed by atoms with Crippen LogP contribution in [0.5, 0.6) is 0 Å². The monoisotopic (exact) mass is 639 g/mol. The van der Waals surface area contributed by atoms with Crippen molar-refractivity contribution in [2.24, 2.45) is 0 Å². The third-order valence-corrected chi connectivity index (χ3v) is 11.9. The summed E-state index contributed by atoms with van der Waals surface area (Å²) in [5.74, 6) is 0. The summed E-state index contributed by atoms with van der Waals surface area (Å²) in [6.07, 6.45) is 0. The van der Waals surface area contributed by atoms with E-state index in [-0.39, 0.29) is 5.41 Å². The first-order valence-electron chi connectivity index (χ1n) is 16.2. The second kappa shape index (κ2) is 10.8. The van der Waals surface area contributed by atoms with Gasteiger partial charge in [0.25, 0.3) is 0 Å². The van der Waals surface area contributed by atoms with Crippen molar-refractivity contribution in [3.63, 3.8) is 0 Å². The molecule has 226 valence electrons. The molecule has 9 aromatic rings. The number of thiophene rings is 2. The third kappa shape index (κ3) is 4.57. The van der Waals surface area contributed by atoms with Gasteiger partial charge in [-0.15, -0.1) is 22.7 Å². The fourth-order valence-corrected chi connectivity index (χ4v) is 9.89. The molecule has 0 spiro atoms. The van der Waals surface area contributed by atoms with Crippen LogP contribution in [0.25, 0.3) is 62.2 Å². The third-order valence-electron chi connectivity index (χ3n) is 9.40. The molecule has 0 atom stereocenters. The number of nitrogens with zero attached hydrogens (tertiary/aromatic N) is 1. The van der Waals surface area contributed by atoms with Crippen LogP contribution >= 0.6 is 22.7 Å². The zero-order valence-corrected chi connectivity index (χ0v) is 28.3. The van der Waals surface area contributed by atoms with Gasteiger partial charge in [-0.25, -0.2) is 0 Å². The molecule has 0 aliphatic rings. The summed E-state index contributed by atoms with van der Waals surface area (Å²) in [6.45, 7) is 6.96. The minimum Gasteiger partial charge on any atom is -0.308 e. The first kappa shape index (κ1) is 28.3. The maximum absolute atomic E-state index is 2.50. The molecule has 2 heterocycles. The van der Waals surface area contributed by atoms with Gasteiger partial charge in [0.05, 0.1) is 20.8 Å². The first-order valence-corrected chi connectivity index (χ1v) is 17.8. The summed E-state index contributed by atoms with van der Waals surface area (Å²) >= 11 is 3.82.